The van der Waals surface area contributed by atoms with Crippen molar-refractivity contribution in [2.24, 2.45) is 22.7 Å². The zero-order chi connectivity index (χ0) is 21.3. The van der Waals surface area contributed by atoms with E-state index >= 15 is 0 Å². The number of rotatable bonds is 2. The maximum atomic E-state index is 13.3. The van der Waals surface area contributed by atoms with Gasteiger partial charge < -0.3 is 14.2 Å². The van der Waals surface area contributed by atoms with Gasteiger partial charge in [-0.15, -0.1) is 11.6 Å². The minimum absolute atomic E-state index is 0.0521. The number of ketones is 2. The summed E-state index contributed by atoms with van der Waals surface area (Å²) >= 11 is 6.13. The van der Waals surface area contributed by atoms with Gasteiger partial charge in [0.15, 0.2) is 23.0 Å². The van der Waals surface area contributed by atoms with Crippen LogP contribution in [0.4, 0.5) is 0 Å². The molecule has 1 spiro atoms. The van der Waals surface area contributed by atoms with E-state index in [1.807, 2.05) is 19.9 Å². The van der Waals surface area contributed by atoms with Crippen molar-refractivity contribution in [1.82, 2.24) is 0 Å². The molecule has 6 heteroatoms. The summed E-state index contributed by atoms with van der Waals surface area (Å²) in [5, 5.41) is 0. The van der Waals surface area contributed by atoms with Crippen LogP contribution in [0.15, 0.2) is 11.6 Å². The molecule has 30 heavy (non-hydrogen) atoms. The molecule has 6 rings (SSSR count). The topological polar surface area (TPSA) is 65.1 Å². The van der Waals surface area contributed by atoms with Crippen LogP contribution in [0.25, 0.3) is 0 Å². The minimum atomic E-state index is -0.999. The number of epoxide rings is 1. The van der Waals surface area contributed by atoms with Gasteiger partial charge in [0.2, 0.25) is 0 Å². The third-order valence-electron chi connectivity index (χ3n) is 9.86. The first kappa shape index (κ1) is 19.9. The van der Waals surface area contributed by atoms with Gasteiger partial charge in [-0.25, -0.2) is 0 Å². The van der Waals surface area contributed by atoms with Gasteiger partial charge in [-0.3, -0.25) is 9.59 Å². The molecule has 8 atom stereocenters. The number of ether oxygens (including phenoxy) is 3. The molecule has 5 fully saturated rings. The number of Topliss-reactive ketones (excluding diaryl/α,β-unsaturated/α-hetero) is 1. The molecular formula is C24H31ClO5. The lowest BCUT2D eigenvalue weighted by Crippen LogP contribution is -2.63. The van der Waals surface area contributed by atoms with Crippen LogP contribution in [0.1, 0.15) is 66.2 Å². The van der Waals surface area contributed by atoms with Gasteiger partial charge in [-0.1, -0.05) is 19.4 Å². The first-order valence-corrected chi connectivity index (χ1v) is 12.0. The van der Waals surface area contributed by atoms with Gasteiger partial charge in [0, 0.05) is 17.3 Å². The van der Waals surface area contributed by atoms with Crippen LogP contribution in [0, 0.1) is 22.7 Å². The highest BCUT2D eigenvalue weighted by atomic mass is 35.5. The number of carbonyl (C=O) groups is 2. The molecule has 0 unspecified atom stereocenters. The van der Waals surface area contributed by atoms with Crippen LogP contribution in [0.3, 0.4) is 0 Å². The Morgan fingerprint density at radius 3 is 2.63 bits per heavy atom. The number of hydrogen-bond donors (Lipinski definition) is 0. The van der Waals surface area contributed by atoms with E-state index in [1.165, 1.54) is 5.57 Å². The third-order valence-corrected chi connectivity index (χ3v) is 10.1. The molecule has 0 radical (unpaired) electrons. The Bertz CT molecular complexity index is 896. The average Bonchev–Trinajstić information content (AvgIpc) is 3.25. The van der Waals surface area contributed by atoms with Gasteiger partial charge in [0.05, 0.1) is 18.1 Å². The standard InChI is InChI=1S/C24H31ClO5/c1-20(2)28-18-10-16-15-6-5-13-9-14(26)7-8-21(13,3)23(15)19(29-23)11-22(16,4)24(18,30-20)17(27)12-25/h9,15-16,18-19H,5-8,10-12H2,1-4H3/t15-,16-,18+,19-,21-,22-,23+,24+/m0/s1. The largest absolute Gasteiger partial charge is 0.365 e. The fourth-order valence-electron chi connectivity index (χ4n) is 8.71. The molecule has 164 valence electrons. The summed E-state index contributed by atoms with van der Waals surface area (Å²) in [5.41, 5.74) is -0.381. The molecule has 2 heterocycles. The smallest absolute Gasteiger partial charge is 0.182 e. The molecule has 0 bridgehead atoms. The number of alkyl halides is 1. The van der Waals surface area contributed by atoms with Crippen LogP contribution >= 0.6 is 11.6 Å². The lowest BCUT2D eigenvalue weighted by Gasteiger charge is -2.57. The number of fused-ring (bicyclic) bond motifs is 5. The van der Waals surface area contributed by atoms with Gasteiger partial charge in [0.1, 0.15) is 5.60 Å². The summed E-state index contributed by atoms with van der Waals surface area (Å²) < 4.78 is 19.5. The molecule has 0 aromatic rings. The normalized spacial score (nSPS) is 55.0. The van der Waals surface area contributed by atoms with E-state index in [2.05, 4.69) is 13.8 Å². The average molecular weight is 435 g/mol. The maximum absolute atomic E-state index is 13.3. The van der Waals surface area contributed by atoms with E-state index < -0.39 is 11.4 Å². The Labute approximate surface area is 182 Å². The summed E-state index contributed by atoms with van der Waals surface area (Å²) in [6.45, 7) is 8.32. The lowest BCUT2D eigenvalue weighted by molar-refractivity contribution is -0.209. The van der Waals surface area contributed by atoms with E-state index in [1.54, 1.807) is 0 Å². The number of halogens is 1. The number of hydrogen-bond acceptors (Lipinski definition) is 5. The van der Waals surface area contributed by atoms with Crippen molar-refractivity contribution in [2.75, 3.05) is 5.88 Å². The summed E-state index contributed by atoms with van der Waals surface area (Å²) in [6, 6.07) is 0. The van der Waals surface area contributed by atoms with Crippen molar-refractivity contribution in [3.63, 3.8) is 0 Å². The lowest BCUT2D eigenvalue weighted by atomic mass is 9.46. The molecule has 6 aliphatic rings. The van der Waals surface area contributed by atoms with Crippen LogP contribution in [-0.2, 0) is 23.8 Å². The monoisotopic (exact) mass is 434 g/mol. The summed E-state index contributed by atoms with van der Waals surface area (Å²) in [7, 11) is 0. The molecule has 0 aromatic carbocycles. The predicted molar refractivity (Wildman–Crippen MR) is 110 cm³/mol. The zero-order valence-corrected chi connectivity index (χ0v) is 19.0. The van der Waals surface area contributed by atoms with Crippen molar-refractivity contribution in [2.45, 2.75) is 95.4 Å². The highest BCUT2D eigenvalue weighted by Gasteiger charge is 2.84. The molecule has 5 nitrogen and oxygen atoms in total. The van der Waals surface area contributed by atoms with Crippen LogP contribution in [-0.4, -0.2) is 46.6 Å². The van der Waals surface area contributed by atoms with Crippen LogP contribution in [0.5, 0.6) is 0 Å². The quantitative estimate of drug-likeness (QED) is 0.486. The molecular weight excluding hydrogens is 404 g/mol. The second-order valence-electron chi connectivity index (χ2n) is 11.4. The van der Waals surface area contributed by atoms with Crippen LogP contribution in [0.2, 0.25) is 0 Å². The molecule has 0 amide bonds. The Balaban J connectivity index is 1.45. The minimum Gasteiger partial charge on any atom is -0.365 e. The second-order valence-corrected chi connectivity index (χ2v) is 11.6. The molecule has 0 aromatic heterocycles. The number of carbonyl (C=O) groups excluding carboxylic acids is 2. The summed E-state index contributed by atoms with van der Waals surface area (Å²) in [4.78, 5) is 25.5. The zero-order valence-electron chi connectivity index (χ0n) is 18.3. The Hall–Kier alpha value is -0.750. The first-order valence-electron chi connectivity index (χ1n) is 11.4. The second kappa shape index (κ2) is 5.59. The van der Waals surface area contributed by atoms with E-state index in [4.69, 9.17) is 25.8 Å². The fourth-order valence-corrected chi connectivity index (χ4v) is 8.91. The van der Waals surface area contributed by atoms with Crippen molar-refractivity contribution < 1.29 is 23.8 Å². The Kier molecular flexibility index (Phi) is 3.71. The van der Waals surface area contributed by atoms with Crippen molar-refractivity contribution in [1.29, 1.82) is 0 Å². The van der Waals surface area contributed by atoms with Crippen molar-refractivity contribution in [3.8, 4) is 0 Å². The summed E-state index contributed by atoms with van der Waals surface area (Å²) in [6.07, 6.45) is 6.71. The predicted octanol–water partition coefficient (Wildman–Crippen LogP) is 3.96. The van der Waals surface area contributed by atoms with Crippen molar-refractivity contribution in [3.05, 3.63) is 11.6 Å². The highest BCUT2D eigenvalue weighted by molar-refractivity contribution is 6.29. The first-order chi connectivity index (χ1) is 14.0. The van der Waals surface area contributed by atoms with E-state index in [0.29, 0.717) is 12.3 Å². The Morgan fingerprint density at radius 1 is 1.13 bits per heavy atom. The summed E-state index contributed by atoms with van der Waals surface area (Å²) in [5.74, 6) is -0.0351. The molecule has 3 saturated carbocycles. The van der Waals surface area contributed by atoms with Crippen molar-refractivity contribution >= 4 is 23.2 Å². The molecule has 2 aliphatic heterocycles. The molecule has 2 saturated heterocycles. The van der Waals surface area contributed by atoms with E-state index in [-0.39, 0.29) is 52.0 Å². The van der Waals surface area contributed by atoms with Gasteiger partial charge in [-0.05, 0) is 63.9 Å². The van der Waals surface area contributed by atoms with Gasteiger partial charge >= 0.3 is 0 Å². The molecule has 4 aliphatic carbocycles. The Morgan fingerprint density at radius 2 is 1.90 bits per heavy atom. The van der Waals surface area contributed by atoms with E-state index in [9.17, 15) is 9.59 Å². The van der Waals surface area contributed by atoms with E-state index in [0.717, 1.165) is 32.1 Å². The fraction of sp³-hybridized carbons (Fsp3) is 0.833. The third kappa shape index (κ3) is 1.99. The van der Waals surface area contributed by atoms with Gasteiger partial charge in [-0.2, -0.15) is 0 Å². The molecule has 0 N–H and O–H groups in total. The van der Waals surface area contributed by atoms with Crippen LogP contribution < -0.4 is 0 Å². The van der Waals surface area contributed by atoms with Gasteiger partial charge in [0.25, 0.3) is 0 Å². The maximum Gasteiger partial charge on any atom is 0.182 e. The highest BCUT2D eigenvalue weighted by Crippen LogP contribution is 2.77. The SMILES string of the molecule is CC1(C)O[C@@H]2C[C@H]3[C@@H]4CCC5=CC(=O)CC[C@]5(C)[C@@]45O[C@H]5C[C@]3(C)[C@]2(C(=O)CCl)O1.